The Morgan fingerprint density at radius 2 is 2.00 bits per heavy atom. The number of benzene rings is 1. The molecule has 21 heavy (non-hydrogen) atoms. The summed E-state index contributed by atoms with van der Waals surface area (Å²) in [7, 11) is 0. The van der Waals surface area contributed by atoms with Gasteiger partial charge in [-0.1, -0.05) is 23.7 Å². The molecule has 0 saturated carbocycles. The molecule has 1 aromatic rings. The number of nitrogens with one attached hydrogen (secondary N) is 2. The lowest BCUT2D eigenvalue weighted by Gasteiger charge is -2.38. The Morgan fingerprint density at radius 1 is 1.38 bits per heavy atom. The number of rotatable bonds is 4. The minimum Gasteiger partial charge on any atom is -0.465 e. The summed E-state index contributed by atoms with van der Waals surface area (Å²) in [5, 5.41) is 0.530. The summed E-state index contributed by atoms with van der Waals surface area (Å²) < 4.78 is 5.13. The van der Waals surface area contributed by atoms with Crippen LogP contribution in [0.3, 0.4) is 0 Å². The molecule has 114 valence electrons. The zero-order valence-electron chi connectivity index (χ0n) is 11.9. The van der Waals surface area contributed by atoms with E-state index in [2.05, 4.69) is 10.9 Å². The number of nitrogens with two attached hydrogens (primary N) is 1. The number of ether oxygens (including phenoxy) is 1. The van der Waals surface area contributed by atoms with Crippen LogP contribution in [-0.2, 0) is 19.9 Å². The molecule has 0 aromatic heterocycles. The zero-order valence-corrected chi connectivity index (χ0v) is 12.7. The molecule has 2 atom stereocenters. The fourth-order valence-corrected chi connectivity index (χ4v) is 2.83. The second-order valence-corrected chi connectivity index (χ2v) is 5.59. The Morgan fingerprint density at radius 3 is 2.52 bits per heavy atom. The van der Waals surface area contributed by atoms with E-state index in [4.69, 9.17) is 22.1 Å². The maximum Gasteiger partial charge on any atom is 0.315 e. The number of primary amides is 1. The van der Waals surface area contributed by atoms with Gasteiger partial charge in [0.1, 0.15) is 5.41 Å². The van der Waals surface area contributed by atoms with Gasteiger partial charge in [0.15, 0.2) is 5.54 Å². The highest BCUT2D eigenvalue weighted by Gasteiger charge is 2.62. The maximum absolute atomic E-state index is 12.4. The van der Waals surface area contributed by atoms with E-state index in [0.29, 0.717) is 10.6 Å². The topological polar surface area (TPSA) is 93.4 Å². The second kappa shape index (κ2) is 5.63. The van der Waals surface area contributed by atoms with Gasteiger partial charge in [-0.3, -0.25) is 15.0 Å². The first-order valence-electron chi connectivity index (χ1n) is 6.61. The van der Waals surface area contributed by atoms with E-state index in [-0.39, 0.29) is 13.2 Å². The molecule has 0 radical (unpaired) electrons. The fraction of sp³-hybridized carbons (Fsp3) is 0.429. The molecule has 7 heteroatoms. The van der Waals surface area contributed by atoms with Gasteiger partial charge in [-0.15, -0.1) is 0 Å². The zero-order chi connectivity index (χ0) is 15.7. The van der Waals surface area contributed by atoms with Gasteiger partial charge in [-0.05, 0) is 31.5 Å². The van der Waals surface area contributed by atoms with Gasteiger partial charge in [0, 0.05) is 11.6 Å². The summed E-state index contributed by atoms with van der Waals surface area (Å²) in [6, 6.07) is 6.63. The average Bonchev–Trinajstić information content (AvgIpc) is 2.80. The van der Waals surface area contributed by atoms with Crippen LogP contribution in [0.1, 0.15) is 19.4 Å². The molecule has 6 nitrogen and oxygen atoms in total. The SMILES string of the molecule is CCOC(=O)C1(C)CNNC1(C(N)=O)c1ccc(Cl)cc1. The van der Waals surface area contributed by atoms with Crippen molar-refractivity contribution in [3.63, 3.8) is 0 Å². The molecule has 1 aliphatic rings. The minimum absolute atomic E-state index is 0.220. The van der Waals surface area contributed by atoms with Crippen molar-refractivity contribution in [2.24, 2.45) is 11.1 Å². The van der Waals surface area contributed by atoms with Crippen molar-refractivity contribution in [1.82, 2.24) is 10.9 Å². The van der Waals surface area contributed by atoms with Gasteiger partial charge in [0.05, 0.1) is 6.61 Å². The van der Waals surface area contributed by atoms with Crippen molar-refractivity contribution in [1.29, 1.82) is 0 Å². The molecule has 2 rings (SSSR count). The predicted octanol–water partition coefficient (Wildman–Crippen LogP) is 0.698. The molecule has 0 bridgehead atoms. The van der Waals surface area contributed by atoms with Crippen molar-refractivity contribution < 1.29 is 14.3 Å². The lowest BCUT2D eigenvalue weighted by Crippen LogP contribution is -2.61. The van der Waals surface area contributed by atoms with Gasteiger partial charge in [-0.25, -0.2) is 5.43 Å². The van der Waals surface area contributed by atoms with E-state index in [1.807, 2.05) is 0 Å². The van der Waals surface area contributed by atoms with Gasteiger partial charge in [0.25, 0.3) is 0 Å². The van der Waals surface area contributed by atoms with Crippen LogP contribution in [0.2, 0.25) is 5.02 Å². The van der Waals surface area contributed by atoms with Gasteiger partial charge in [0.2, 0.25) is 5.91 Å². The molecular weight excluding hydrogens is 294 g/mol. The van der Waals surface area contributed by atoms with Crippen LogP contribution in [-0.4, -0.2) is 25.0 Å². The predicted molar refractivity (Wildman–Crippen MR) is 78.2 cm³/mol. The third-order valence-electron chi connectivity index (χ3n) is 3.92. The molecule has 1 amide bonds. The minimum atomic E-state index is -1.40. The van der Waals surface area contributed by atoms with Crippen molar-refractivity contribution in [3.8, 4) is 0 Å². The van der Waals surface area contributed by atoms with Crippen LogP contribution in [0.25, 0.3) is 0 Å². The molecule has 1 saturated heterocycles. The fourth-order valence-electron chi connectivity index (χ4n) is 2.71. The van der Waals surface area contributed by atoms with Crippen LogP contribution in [0.4, 0.5) is 0 Å². The highest BCUT2D eigenvalue weighted by atomic mass is 35.5. The normalized spacial score (nSPS) is 28.3. The first-order chi connectivity index (χ1) is 9.88. The first-order valence-corrected chi connectivity index (χ1v) is 6.99. The van der Waals surface area contributed by atoms with E-state index in [0.717, 1.165) is 0 Å². The van der Waals surface area contributed by atoms with Gasteiger partial charge in [-0.2, -0.15) is 0 Å². The van der Waals surface area contributed by atoms with Crippen LogP contribution in [0.5, 0.6) is 0 Å². The first kappa shape index (κ1) is 15.8. The van der Waals surface area contributed by atoms with Crippen molar-refractivity contribution in [3.05, 3.63) is 34.9 Å². The van der Waals surface area contributed by atoms with Crippen LogP contribution >= 0.6 is 11.6 Å². The van der Waals surface area contributed by atoms with E-state index >= 15 is 0 Å². The van der Waals surface area contributed by atoms with Crippen LogP contribution in [0, 0.1) is 5.41 Å². The molecule has 0 aliphatic carbocycles. The number of hydrazine groups is 1. The highest BCUT2D eigenvalue weighted by molar-refractivity contribution is 6.30. The van der Waals surface area contributed by atoms with Crippen molar-refractivity contribution in [2.75, 3.05) is 13.2 Å². The molecule has 1 fully saturated rings. The van der Waals surface area contributed by atoms with Crippen molar-refractivity contribution in [2.45, 2.75) is 19.4 Å². The smallest absolute Gasteiger partial charge is 0.315 e. The van der Waals surface area contributed by atoms with Crippen LogP contribution in [0.15, 0.2) is 24.3 Å². The van der Waals surface area contributed by atoms with Crippen molar-refractivity contribution >= 4 is 23.5 Å². The molecule has 4 N–H and O–H groups in total. The largest absolute Gasteiger partial charge is 0.465 e. The Kier molecular flexibility index (Phi) is 4.22. The third-order valence-corrected chi connectivity index (χ3v) is 4.17. The highest BCUT2D eigenvalue weighted by Crippen LogP contribution is 2.43. The van der Waals surface area contributed by atoms with Gasteiger partial charge >= 0.3 is 5.97 Å². The third kappa shape index (κ3) is 2.29. The lowest BCUT2D eigenvalue weighted by atomic mass is 9.68. The molecule has 2 unspecified atom stereocenters. The number of esters is 1. The summed E-state index contributed by atoms with van der Waals surface area (Å²) in [6.45, 7) is 3.81. The molecule has 1 aliphatic heterocycles. The van der Waals surface area contributed by atoms with E-state index < -0.39 is 22.8 Å². The Hall–Kier alpha value is -1.63. The summed E-state index contributed by atoms with van der Waals surface area (Å²) >= 11 is 5.88. The number of amides is 1. The van der Waals surface area contributed by atoms with E-state index in [1.165, 1.54) is 0 Å². The number of carbonyl (C=O) groups excluding carboxylic acids is 2. The Bertz CT molecular complexity index is 563. The summed E-state index contributed by atoms with van der Waals surface area (Å²) in [5.74, 6) is -1.15. The number of hydrogen-bond acceptors (Lipinski definition) is 5. The Balaban J connectivity index is 2.58. The quantitative estimate of drug-likeness (QED) is 0.712. The second-order valence-electron chi connectivity index (χ2n) is 5.15. The maximum atomic E-state index is 12.4. The number of carbonyl (C=O) groups is 2. The summed E-state index contributed by atoms with van der Waals surface area (Å²) in [6.07, 6.45) is 0. The summed E-state index contributed by atoms with van der Waals surface area (Å²) in [5.41, 5.74) is 9.34. The number of halogens is 1. The monoisotopic (exact) mass is 311 g/mol. The van der Waals surface area contributed by atoms with Crippen LogP contribution < -0.4 is 16.6 Å². The Labute approximate surface area is 127 Å². The van der Waals surface area contributed by atoms with E-state index in [1.54, 1.807) is 38.1 Å². The molecule has 0 spiro atoms. The number of hydrogen-bond donors (Lipinski definition) is 3. The lowest BCUT2D eigenvalue weighted by molar-refractivity contribution is -0.160. The average molecular weight is 312 g/mol. The standard InChI is InChI=1S/C14H18ClN3O3/c1-3-21-12(20)13(2)8-17-18-14(13,11(16)19)9-4-6-10(15)7-5-9/h4-7,17-18H,3,8H2,1-2H3,(H2,16,19). The molecular formula is C14H18ClN3O3. The molecule has 1 heterocycles. The van der Waals surface area contributed by atoms with E-state index in [9.17, 15) is 9.59 Å². The van der Waals surface area contributed by atoms with Gasteiger partial charge < -0.3 is 10.5 Å². The molecule has 1 aromatic carbocycles. The summed E-state index contributed by atoms with van der Waals surface area (Å²) in [4.78, 5) is 24.6.